The summed E-state index contributed by atoms with van der Waals surface area (Å²) in [6.07, 6.45) is 0. The average molecular weight is 469 g/mol. The van der Waals surface area contributed by atoms with Crippen LogP contribution in [0.5, 0.6) is 0 Å². The van der Waals surface area contributed by atoms with Gasteiger partial charge in [-0.15, -0.1) is 0 Å². The van der Waals surface area contributed by atoms with Crippen LogP contribution in [0, 0.1) is 22.7 Å². The summed E-state index contributed by atoms with van der Waals surface area (Å²) in [4.78, 5) is 0. The summed E-state index contributed by atoms with van der Waals surface area (Å²) in [7, 11) is 0. The van der Waals surface area contributed by atoms with Crippen LogP contribution in [-0.4, -0.2) is 0 Å². The topological polar surface area (TPSA) is 47.6 Å². The second-order valence-corrected chi connectivity index (χ2v) is 9.66. The maximum atomic E-state index is 10.0. The Morgan fingerprint density at radius 3 is 1.35 bits per heavy atom. The van der Waals surface area contributed by atoms with E-state index in [0.29, 0.717) is 11.1 Å². The SMILES string of the molecule is N#Cc1ccc2cc(-c3ccsc3)ccc2c1-c1c(C#N)ccc2cc(-c3ccsc3)ccc12. The van der Waals surface area contributed by atoms with Crippen LogP contribution in [-0.2, 0) is 0 Å². The third-order valence-electron chi connectivity index (χ3n) is 6.24. The highest BCUT2D eigenvalue weighted by molar-refractivity contribution is 7.08. The summed E-state index contributed by atoms with van der Waals surface area (Å²) in [6.45, 7) is 0. The second kappa shape index (κ2) is 8.28. The van der Waals surface area contributed by atoms with Crippen molar-refractivity contribution in [3.05, 3.63) is 105 Å². The summed E-state index contributed by atoms with van der Waals surface area (Å²) in [5.41, 5.74) is 7.43. The summed E-state index contributed by atoms with van der Waals surface area (Å²) < 4.78 is 0. The summed E-state index contributed by atoms with van der Waals surface area (Å²) in [5.74, 6) is 0. The van der Waals surface area contributed by atoms with E-state index in [-0.39, 0.29) is 0 Å². The van der Waals surface area contributed by atoms with Gasteiger partial charge in [0.15, 0.2) is 0 Å². The van der Waals surface area contributed by atoms with Gasteiger partial charge in [0.2, 0.25) is 0 Å². The van der Waals surface area contributed by atoms with Gasteiger partial charge in [0.25, 0.3) is 0 Å². The molecule has 0 N–H and O–H groups in total. The van der Waals surface area contributed by atoms with Crippen LogP contribution in [0.25, 0.3) is 54.9 Å². The molecule has 0 unspecified atom stereocenters. The van der Waals surface area contributed by atoms with Crippen molar-refractivity contribution in [3.8, 4) is 45.5 Å². The number of fused-ring (bicyclic) bond motifs is 2. The van der Waals surface area contributed by atoms with E-state index in [0.717, 1.165) is 43.8 Å². The predicted octanol–water partition coefficient (Wildman–Crippen LogP) is 8.86. The van der Waals surface area contributed by atoms with Crippen molar-refractivity contribution in [1.82, 2.24) is 0 Å². The van der Waals surface area contributed by atoms with E-state index in [9.17, 15) is 10.5 Å². The molecular formula is C30H16N2S2. The fourth-order valence-electron chi connectivity index (χ4n) is 4.60. The molecule has 0 aliphatic carbocycles. The highest BCUT2D eigenvalue weighted by Gasteiger charge is 2.18. The van der Waals surface area contributed by atoms with Gasteiger partial charge in [-0.05, 0) is 102 Å². The van der Waals surface area contributed by atoms with Gasteiger partial charge in [-0.3, -0.25) is 0 Å². The van der Waals surface area contributed by atoms with Crippen molar-refractivity contribution in [2.75, 3.05) is 0 Å². The normalized spacial score (nSPS) is 10.9. The quantitative estimate of drug-likeness (QED) is 0.260. The molecule has 2 heterocycles. The third-order valence-corrected chi connectivity index (χ3v) is 7.61. The van der Waals surface area contributed by atoms with Crippen LogP contribution < -0.4 is 0 Å². The van der Waals surface area contributed by atoms with Crippen molar-refractivity contribution >= 4 is 44.2 Å². The van der Waals surface area contributed by atoms with Gasteiger partial charge in [0.05, 0.1) is 23.3 Å². The molecule has 0 spiro atoms. The lowest BCUT2D eigenvalue weighted by Crippen LogP contribution is -1.93. The lowest BCUT2D eigenvalue weighted by Gasteiger charge is -2.15. The Balaban J connectivity index is 1.65. The number of rotatable bonds is 3. The fraction of sp³-hybridized carbons (Fsp3) is 0. The number of hydrogen-bond donors (Lipinski definition) is 0. The van der Waals surface area contributed by atoms with E-state index in [1.165, 1.54) is 11.1 Å². The zero-order valence-corrected chi connectivity index (χ0v) is 19.6. The Bertz CT molecular complexity index is 1630. The smallest absolute Gasteiger partial charge is 0.0998 e. The predicted molar refractivity (Wildman–Crippen MR) is 143 cm³/mol. The van der Waals surface area contributed by atoms with Crippen molar-refractivity contribution in [2.45, 2.75) is 0 Å². The van der Waals surface area contributed by atoms with E-state index < -0.39 is 0 Å². The molecule has 6 rings (SSSR count). The average Bonchev–Trinajstić information content (AvgIpc) is 3.62. The Morgan fingerprint density at radius 1 is 0.500 bits per heavy atom. The van der Waals surface area contributed by atoms with Crippen molar-refractivity contribution in [1.29, 1.82) is 10.5 Å². The minimum atomic E-state index is 0.571. The molecule has 0 amide bonds. The monoisotopic (exact) mass is 468 g/mol. The molecule has 158 valence electrons. The molecule has 0 atom stereocenters. The molecule has 0 saturated carbocycles. The molecule has 0 bridgehead atoms. The first kappa shape index (κ1) is 20.4. The first-order valence-corrected chi connectivity index (χ1v) is 12.6. The number of nitriles is 2. The zero-order valence-electron chi connectivity index (χ0n) is 17.9. The van der Waals surface area contributed by atoms with E-state index in [1.807, 2.05) is 24.3 Å². The lowest BCUT2D eigenvalue weighted by atomic mass is 9.86. The van der Waals surface area contributed by atoms with E-state index in [1.54, 1.807) is 22.7 Å². The first-order valence-electron chi connectivity index (χ1n) is 10.8. The van der Waals surface area contributed by atoms with Gasteiger partial charge in [0.1, 0.15) is 0 Å². The maximum Gasteiger partial charge on any atom is 0.0998 e. The molecule has 4 heteroatoms. The van der Waals surface area contributed by atoms with Gasteiger partial charge in [-0.25, -0.2) is 0 Å². The van der Waals surface area contributed by atoms with Gasteiger partial charge in [-0.2, -0.15) is 33.2 Å². The van der Waals surface area contributed by atoms with Gasteiger partial charge < -0.3 is 0 Å². The molecule has 4 aromatic carbocycles. The first-order chi connectivity index (χ1) is 16.8. The summed E-state index contributed by atoms with van der Waals surface area (Å²) >= 11 is 3.35. The summed E-state index contributed by atoms with van der Waals surface area (Å²) in [6, 6.07) is 29.4. The molecule has 0 saturated heterocycles. The molecule has 6 aromatic rings. The van der Waals surface area contributed by atoms with Crippen LogP contribution in [0.4, 0.5) is 0 Å². The van der Waals surface area contributed by atoms with E-state index in [4.69, 9.17) is 0 Å². The van der Waals surface area contributed by atoms with Crippen LogP contribution >= 0.6 is 22.7 Å². The molecular weight excluding hydrogens is 452 g/mol. The molecule has 0 radical (unpaired) electrons. The van der Waals surface area contributed by atoms with Gasteiger partial charge >= 0.3 is 0 Å². The maximum absolute atomic E-state index is 10.0. The largest absolute Gasteiger partial charge is 0.192 e. The molecule has 2 nitrogen and oxygen atoms in total. The van der Waals surface area contributed by atoms with Crippen molar-refractivity contribution in [3.63, 3.8) is 0 Å². The summed E-state index contributed by atoms with van der Waals surface area (Å²) in [5, 5.41) is 32.5. The van der Waals surface area contributed by atoms with Crippen LogP contribution in [0.2, 0.25) is 0 Å². The lowest BCUT2D eigenvalue weighted by molar-refractivity contribution is 1.47. The molecule has 0 fully saturated rings. The number of benzene rings is 4. The zero-order chi connectivity index (χ0) is 23.1. The van der Waals surface area contributed by atoms with Crippen molar-refractivity contribution < 1.29 is 0 Å². The fourth-order valence-corrected chi connectivity index (χ4v) is 5.93. The Kier molecular flexibility index (Phi) is 4.97. The Hall–Kier alpha value is -4.22. The van der Waals surface area contributed by atoms with Crippen LogP contribution in [0.15, 0.2) is 94.3 Å². The molecule has 0 aliphatic heterocycles. The number of thiophene rings is 2. The molecule has 2 aromatic heterocycles. The van der Waals surface area contributed by atoms with E-state index in [2.05, 4.69) is 82.2 Å². The van der Waals surface area contributed by atoms with Crippen LogP contribution in [0.3, 0.4) is 0 Å². The minimum Gasteiger partial charge on any atom is -0.192 e. The highest BCUT2D eigenvalue weighted by Crippen LogP contribution is 2.41. The third kappa shape index (κ3) is 3.29. The van der Waals surface area contributed by atoms with Crippen LogP contribution in [0.1, 0.15) is 11.1 Å². The molecule has 0 aliphatic rings. The number of nitrogens with zero attached hydrogens (tertiary/aromatic N) is 2. The van der Waals surface area contributed by atoms with E-state index >= 15 is 0 Å². The Labute approximate surface area is 205 Å². The Morgan fingerprint density at radius 2 is 0.971 bits per heavy atom. The highest BCUT2D eigenvalue weighted by atomic mass is 32.1. The standard InChI is InChI=1S/C30H16N2S2/c31-15-23-3-1-21-13-19(25-9-11-33-17-25)5-7-27(21)29(23)30-24(16-32)4-2-22-14-20(6-8-28(22)30)26-10-12-34-18-26/h1-14,17-18H. The number of hydrogen-bond acceptors (Lipinski definition) is 4. The van der Waals surface area contributed by atoms with Gasteiger partial charge in [-0.1, -0.05) is 36.4 Å². The molecule has 34 heavy (non-hydrogen) atoms. The minimum absolute atomic E-state index is 0.571. The second-order valence-electron chi connectivity index (χ2n) is 8.10. The van der Waals surface area contributed by atoms with Gasteiger partial charge in [0, 0.05) is 11.1 Å². The van der Waals surface area contributed by atoms with Crippen molar-refractivity contribution in [2.24, 2.45) is 0 Å².